The van der Waals surface area contributed by atoms with Gasteiger partial charge in [0.05, 0.1) is 0 Å². The summed E-state index contributed by atoms with van der Waals surface area (Å²) in [6.45, 7) is 6.16. The molecular formula is C19H27NO2. The molecule has 2 fully saturated rings. The molecule has 3 rings (SSSR count). The summed E-state index contributed by atoms with van der Waals surface area (Å²) < 4.78 is 5.94. The summed E-state index contributed by atoms with van der Waals surface area (Å²) in [5.74, 6) is 2.39. The van der Waals surface area contributed by atoms with E-state index in [4.69, 9.17) is 4.74 Å². The molecule has 1 aromatic rings. The average Bonchev–Trinajstić information content (AvgIpc) is 3.10. The van der Waals surface area contributed by atoms with Gasteiger partial charge in [0.1, 0.15) is 5.75 Å². The van der Waals surface area contributed by atoms with Crippen LogP contribution in [0.25, 0.3) is 0 Å². The van der Waals surface area contributed by atoms with Gasteiger partial charge in [0.15, 0.2) is 6.10 Å². The lowest BCUT2D eigenvalue weighted by Gasteiger charge is -2.25. The molecule has 0 saturated heterocycles. The number of ether oxygens (including phenoxy) is 1. The Bertz CT molecular complexity index is 554. The highest BCUT2D eigenvalue weighted by molar-refractivity contribution is 5.81. The van der Waals surface area contributed by atoms with E-state index >= 15 is 0 Å². The van der Waals surface area contributed by atoms with E-state index in [1.165, 1.54) is 30.4 Å². The van der Waals surface area contributed by atoms with Crippen LogP contribution in [-0.4, -0.2) is 18.1 Å². The van der Waals surface area contributed by atoms with Crippen LogP contribution in [-0.2, 0) is 4.79 Å². The summed E-state index contributed by atoms with van der Waals surface area (Å²) in [4.78, 5) is 12.5. The quantitative estimate of drug-likeness (QED) is 0.899. The van der Waals surface area contributed by atoms with Gasteiger partial charge in [0, 0.05) is 6.04 Å². The smallest absolute Gasteiger partial charge is 0.261 e. The summed E-state index contributed by atoms with van der Waals surface area (Å²) in [6.07, 6.45) is 5.41. The van der Waals surface area contributed by atoms with Crippen molar-refractivity contribution in [3.8, 4) is 5.75 Å². The van der Waals surface area contributed by atoms with Crippen molar-refractivity contribution < 1.29 is 9.53 Å². The van der Waals surface area contributed by atoms with E-state index in [9.17, 15) is 4.79 Å². The van der Waals surface area contributed by atoms with Gasteiger partial charge in [-0.25, -0.2) is 0 Å². The second-order valence-electron chi connectivity index (χ2n) is 7.05. The monoisotopic (exact) mass is 301 g/mol. The Morgan fingerprint density at radius 3 is 2.68 bits per heavy atom. The molecule has 2 saturated carbocycles. The third-order valence-corrected chi connectivity index (χ3v) is 5.49. The molecule has 0 aromatic heterocycles. The van der Waals surface area contributed by atoms with Crippen LogP contribution in [0, 0.1) is 25.7 Å². The Labute approximate surface area is 133 Å². The van der Waals surface area contributed by atoms with Crippen molar-refractivity contribution in [3.63, 3.8) is 0 Å². The highest BCUT2D eigenvalue weighted by Crippen LogP contribution is 2.44. The molecule has 3 heteroatoms. The van der Waals surface area contributed by atoms with Gasteiger partial charge in [-0.05, 0) is 74.6 Å². The molecule has 0 aliphatic heterocycles. The van der Waals surface area contributed by atoms with Crippen LogP contribution in [0.1, 0.15) is 50.2 Å². The van der Waals surface area contributed by atoms with Crippen LogP contribution < -0.4 is 10.1 Å². The van der Waals surface area contributed by atoms with E-state index in [0.29, 0.717) is 18.4 Å². The third-order valence-electron chi connectivity index (χ3n) is 5.49. The van der Waals surface area contributed by atoms with E-state index in [0.717, 1.165) is 18.1 Å². The van der Waals surface area contributed by atoms with Crippen LogP contribution in [0.15, 0.2) is 18.2 Å². The zero-order valence-corrected chi connectivity index (χ0v) is 13.9. The lowest BCUT2D eigenvalue weighted by Crippen LogP contribution is -2.45. The maximum atomic E-state index is 12.5. The van der Waals surface area contributed by atoms with E-state index in [1.54, 1.807) is 0 Å². The summed E-state index contributed by atoms with van der Waals surface area (Å²) in [7, 11) is 0. The molecule has 0 spiro atoms. The van der Waals surface area contributed by atoms with Crippen LogP contribution in [0.4, 0.5) is 0 Å². The lowest BCUT2D eigenvalue weighted by molar-refractivity contribution is -0.129. The molecule has 2 aliphatic rings. The van der Waals surface area contributed by atoms with Gasteiger partial charge >= 0.3 is 0 Å². The van der Waals surface area contributed by atoms with Gasteiger partial charge in [0.2, 0.25) is 0 Å². The molecule has 22 heavy (non-hydrogen) atoms. The Kier molecular flexibility index (Phi) is 4.42. The molecule has 1 aromatic carbocycles. The molecule has 120 valence electrons. The van der Waals surface area contributed by atoms with Crippen molar-refractivity contribution >= 4 is 5.91 Å². The predicted octanol–water partition coefficient (Wildman–Crippen LogP) is 3.77. The molecule has 3 nitrogen and oxygen atoms in total. The molecule has 4 unspecified atom stereocenters. The number of amides is 1. The first-order valence-electron chi connectivity index (χ1n) is 8.61. The second-order valence-corrected chi connectivity index (χ2v) is 7.05. The van der Waals surface area contributed by atoms with Crippen molar-refractivity contribution in [1.82, 2.24) is 5.32 Å². The minimum atomic E-state index is -0.388. The summed E-state index contributed by atoms with van der Waals surface area (Å²) in [5, 5.41) is 3.24. The zero-order valence-electron chi connectivity index (χ0n) is 13.9. The van der Waals surface area contributed by atoms with Gasteiger partial charge in [-0.3, -0.25) is 4.79 Å². The van der Waals surface area contributed by atoms with Crippen molar-refractivity contribution in [3.05, 3.63) is 29.3 Å². The minimum Gasteiger partial charge on any atom is -0.481 e. The van der Waals surface area contributed by atoms with E-state index < -0.39 is 0 Å². The molecule has 4 atom stereocenters. The first-order chi connectivity index (χ1) is 10.6. The Balaban J connectivity index is 1.60. The summed E-state index contributed by atoms with van der Waals surface area (Å²) in [5.41, 5.74) is 2.44. The van der Waals surface area contributed by atoms with Crippen LogP contribution in [0.3, 0.4) is 0 Å². The van der Waals surface area contributed by atoms with Crippen molar-refractivity contribution in [2.75, 3.05) is 0 Å². The fourth-order valence-electron chi connectivity index (χ4n) is 3.97. The predicted molar refractivity (Wildman–Crippen MR) is 88.0 cm³/mol. The average molecular weight is 301 g/mol. The van der Waals surface area contributed by atoms with Gasteiger partial charge in [-0.2, -0.15) is 0 Å². The second kappa shape index (κ2) is 6.31. The normalized spacial score (nSPS) is 27.7. The Hall–Kier alpha value is -1.51. The Morgan fingerprint density at radius 1 is 1.27 bits per heavy atom. The largest absolute Gasteiger partial charge is 0.481 e. The number of hydrogen-bond donors (Lipinski definition) is 1. The number of fused-ring (bicyclic) bond motifs is 2. The fourth-order valence-corrected chi connectivity index (χ4v) is 3.97. The van der Waals surface area contributed by atoms with Crippen molar-refractivity contribution in [2.24, 2.45) is 11.8 Å². The van der Waals surface area contributed by atoms with Crippen molar-refractivity contribution in [1.29, 1.82) is 0 Å². The van der Waals surface area contributed by atoms with Crippen LogP contribution in [0.5, 0.6) is 5.75 Å². The Morgan fingerprint density at radius 2 is 2.09 bits per heavy atom. The molecule has 2 bridgehead atoms. The number of nitrogens with one attached hydrogen (secondary N) is 1. The van der Waals surface area contributed by atoms with Crippen LogP contribution in [0.2, 0.25) is 0 Å². The molecule has 1 amide bonds. The number of aryl methyl sites for hydroxylation is 2. The number of benzene rings is 1. The zero-order chi connectivity index (χ0) is 15.7. The number of hydrogen-bond acceptors (Lipinski definition) is 2. The number of carbonyl (C=O) groups excluding carboxylic acids is 1. The lowest BCUT2D eigenvalue weighted by atomic mass is 9.95. The fraction of sp³-hybridized carbons (Fsp3) is 0.632. The standard InChI is InChI=1S/C19H27NO2/c1-4-18(22-16-8-5-12(2)13(3)9-16)19(21)20-17-11-14-6-7-15(17)10-14/h5,8-9,14-15,17-18H,4,6-7,10-11H2,1-3H3,(H,20,21). The van der Waals surface area contributed by atoms with Gasteiger partial charge in [-0.15, -0.1) is 0 Å². The van der Waals surface area contributed by atoms with Crippen LogP contribution >= 0.6 is 0 Å². The number of carbonyl (C=O) groups is 1. The summed E-state index contributed by atoms with van der Waals surface area (Å²) in [6, 6.07) is 6.40. The van der Waals surface area contributed by atoms with Crippen molar-refractivity contribution in [2.45, 2.75) is 65.0 Å². The highest BCUT2D eigenvalue weighted by Gasteiger charge is 2.40. The van der Waals surface area contributed by atoms with E-state index in [1.807, 2.05) is 25.1 Å². The molecule has 2 aliphatic carbocycles. The number of rotatable bonds is 5. The van der Waals surface area contributed by atoms with E-state index in [2.05, 4.69) is 19.2 Å². The molecule has 1 N–H and O–H groups in total. The summed E-state index contributed by atoms with van der Waals surface area (Å²) >= 11 is 0. The SMILES string of the molecule is CCC(Oc1ccc(C)c(C)c1)C(=O)NC1CC2CCC1C2. The maximum absolute atomic E-state index is 12.5. The van der Waals surface area contributed by atoms with Gasteiger partial charge in [-0.1, -0.05) is 19.4 Å². The highest BCUT2D eigenvalue weighted by atomic mass is 16.5. The molecule has 0 heterocycles. The molecule has 0 radical (unpaired) electrons. The first kappa shape index (κ1) is 15.4. The van der Waals surface area contributed by atoms with Gasteiger partial charge in [0.25, 0.3) is 5.91 Å². The van der Waals surface area contributed by atoms with E-state index in [-0.39, 0.29) is 12.0 Å². The maximum Gasteiger partial charge on any atom is 0.261 e. The third kappa shape index (κ3) is 3.13. The molecular weight excluding hydrogens is 274 g/mol. The minimum absolute atomic E-state index is 0.0540. The first-order valence-corrected chi connectivity index (χ1v) is 8.61. The van der Waals surface area contributed by atoms with Gasteiger partial charge < -0.3 is 10.1 Å². The topological polar surface area (TPSA) is 38.3 Å².